The Morgan fingerprint density at radius 2 is 1.30 bits per heavy atom. The molecule has 21 unspecified atom stereocenters. The van der Waals surface area contributed by atoms with E-state index in [1.807, 2.05) is 42.5 Å². The molecule has 26 atom stereocenters. The summed E-state index contributed by atoms with van der Waals surface area (Å²) in [6.07, 6.45) is 28.5. The number of halogens is 1. The summed E-state index contributed by atoms with van der Waals surface area (Å²) in [6, 6.07) is 30.9. The Kier molecular flexibility index (Phi) is 36.0. The number of aromatic nitrogens is 3. The highest BCUT2D eigenvalue weighted by Crippen LogP contribution is 2.71. The molecule has 26 nitrogen and oxygen atoms in total. The fourth-order valence-electron chi connectivity index (χ4n) is 24.2. The third-order valence-electron chi connectivity index (χ3n) is 32.1. The van der Waals surface area contributed by atoms with Crippen LogP contribution in [0.3, 0.4) is 0 Å². The third kappa shape index (κ3) is 24.9. The highest BCUT2D eigenvalue weighted by molar-refractivity contribution is 6.33. The number of piperidine rings is 1. The Labute approximate surface area is 793 Å². The number of ether oxygens (including phenoxy) is 9. The summed E-state index contributed by atoms with van der Waals surface area (Å²) < 4.78 is 60.9. The maximum atomic E-state index is 12.6. The number of benzene rings is 2. The Morgan fingerprint density at radius 3 is 1.95 bits per heavy atom. The van der Waals surface area contributed by atoms with Crippen LogP contribution in [0.4, 0.5) is 5.82 Å². The number of nitrogens with one attached hydrogen (secondary N) is 1. The first-order chi connectivity index (χ1) is 64.4. The lowest BCUT2D eigenvalue weighted by Gasteiger charge is -2.59. The second-order valence-corrected chi connectivity index (χ2v) is 41.5. The molecule has 1 spiro atoms. The van der Waals surface area contributed by atoms with E-state index in [1.165, 1.54) is 139 Å². The van der Waals surface area contributed by atoms with E-state index in [9.17, 15) is 45.6 Å². The molecule has 2 aromatic carbocycles. The molecule has 3 aromatic heterocycles. The van der Waals surface area contributed by atoms with Crippen LogP contribution in [0.15, 0.2) is 140 Å². The number of para-hydroxylation sites is 1. The number of aliphatic hydroxyl groups excluding tert-OH is 8. The van der Waals surface area contributed by atoms with E-state index in [0.29, 0.717) is 83.7 Å². The molecule has 9 N–H and O–H groups in total. The van der Waals surface area contributed by atoms with Gasteiger partial charge in [0.25, 0.3) is 5.91 Å². The number of aliphatic hydroxyl groups is 8. The van der Waals surface area contributed by atoms with Crippen molar-refractivity contribution < 1.29 is 97.4 Å². The van der Waals surface area contributed by atoms with Crippen molar-refractivity contribution in [1.29, 1.82) is 5.26 Å². The number of fused-ring (bicyclic) bond motifs is 11. The lowest BCUT2D eigenvalue weighted by molar-refractivity contribution is -0.697. The van der Waals surface area contributed by atoms with Gasteiger partial charge in [0.1, 0.15) is 92.3 Å². The minimum atomic E-state index is -1.73. The Morgan fingerprint density at radius 1 is 0.654 bits per heavy atom. The predicted octanol–water partition coefficient (Wildman–Crippen LogP) is 12.5. The number of rotatable bonds is 16. The van der Waals surface area contributed by atoms with Crippen LogP contribution in [0.1, 0.15) is 235 Å². The van der Waals surface area contributed by atoms with E-state index in [2.05, 4.69) is 147 Å². The second kappa shape index (κ2) is 47.4. The van der Waals surface area contributed by atoms with Crippen molar-refractivity contribution in [2.75, 3.05) is 70.5 Å². The molecule has 10 fully saturated rings. The number of hydrogen-bond acceptors (Lipinski definition) is 23. The van der Waals surface area contributed by atoms with Gasteiger partial charge in [-0.05, 0) is 225 Å². The van der Waals surface area contributed by atoms with Gasteiger partial charge in [-0.3, -0.25) is 14.6 Å². The van der Waals surface area contributed by atoms with Gasteiger partial charge >= 0.3 is 0 Å². The first-order valence-electron chi connectivity index (χ1n) is 50.6. The van der Waals surface area contributed by atoms with Crippen LogP contribution < -0.4 is 24.1 Å². The van der Waals surface area contributed by atoms with Crippen molar-refractivity contribution >= 4 is 23.3 Å². The maximum Gasteiger partial charge on any atom is 0.253 e. The van der Waals surface area contributed by atoms with Crippen molar-refractivity contribution in [2.45, 2.75) is 351 Å². The number of carbonyl (C=O) groups is 1. The predicted molar refractivity (Wildman–Crippen MR) is 504 cm³/mol. The molecule has 5 aromatic rings. The van der Waals surface area contributed by atoms with Crippen LogP contribution in [-0.4, -0.2) is 243 Å². The molecular weight excluding hydrogens is 1710 g/mol. The van der Waals surface area contributed by atoms with E-state index >= 15 is 0 Å². The molecule has 8 aliphatic heterocycles. The molecule has 133 heavy (non-hydrogen) atoms. The van der Waals surface area contributed by atoms with Crippen molar-refractivity contribution in [3.63, 3.8) is 0 Å². The Bertz CT molecular complexity index is 4570. The standard InChI is InChI=1S/C45H72O16.C31H35ClN6O2.C30H46N2/c1-19-9-14-45(54-18-19)20(2)30-28(61-45)16-27-25-8-7-23-15-24(10-12-43(23,5)26(25)11-13-44(27,30)6)57-42-39(60-41-37(53)35(51)32(48)22(4)56-41)38(33(49)29(17-46)58-42)59-40-36(52)34(50)31(47)21(3)55-40;32-29-20-26(31(39)34-12-19-40-28-4-2-1-3-5-28)22-35-30(29)38-17-15-37(16-18-38)27-10-13-36(14-11-27)23-25-8-6-24(21-33)7-9-25;1-3-7-11-15-23-31-25-18-22-30(28-31)20-14-10-6-2-4-8-12-16-24-32-26-17-21-29(27-32)19-13-9-5-1/h7,19-22,24-42,46-53H,8-18H2,1-6H3;1-9,20,22,27H,10-19,23H2,(H,34,39);9,13,17-18,21-22,25-28H,1-8,10-12,14-16,19-20,23-24H2/q;;+2/t19-,20+,21?,22?,24+,25?,26?,27?,28?,29?,30?,31?,32?,33?,34?,35?,36?,37?,38?,39?,40?,41?,42?,43+,44+,45?;;/m1../s1. The number of allylic oxidation sites excluding steroid dienone is 3. The van der Waals surface area contributed by atoms with Crippen LogP contribution in [-0.2, 0) is 70.4 Å². The van der Waals surface area contributed by atoms with E-state index in [0.717, 1.165) is 135 Å². The molecule has 1 amide bonds. The number of anilines is 1. The largest absolute Gasteiger partial charge is 0.492 e. The monoisotopic (exact) mass is 1860 g/mol. The fraction of sp³-hybridized carbons (Fsp3) is 0.689. The summed E-state index contributed by atoms with van der Waals surface area (Å²) in [6.45, 7) is 22.6. The van der Waals surface area contributed by atoms with Crippen LogP contribution in [0.25, 0.3) is 0 Å². The van der Waals surface area contributed by atoms with Gasteiger partial charge in [-0.1, -0.05) is 138 Å². The zero-order valence-electron chi connectivity index (χ0n) is 79.5. The molecule has 3 saturated carbocycles. The number of aryl methyl sites for hydroxylation is 3. The van der Waals surface area contributed by atoms with Gasteiger partial charge in [-0.15, -0.1) is 0 Å². The average Bonchev–Trinajstić information content (AvgIpc) is 1.54. The maximum absolute atomic E-state index is 12.6. The number of nitrogens with zero attached hydrogens (tertiary/aromatic N) is 7. The van der Waals surface area contributed by atoms with Crippen molar-refractivity contribution in [3.05, 3.63) is 173 Å². The Hall–Kier alpha value is -6.50. The first-order valence-corrected chi connectivity index (χ1v) is 51.0. The quantitative estimate of drug-likeness (QED) is 0.0252. The normalized spacial score (nSPS) is 36.4. The molecule has 4 bridgehead atoms. The number of piperazine rings is 1. The van der Waals surface area contributed by atoms with E-state index in [4.69, 9.17) is 59.5 Å². The third-order valence-corrected chi connectivity index (χ3v) is 32.4. The average molecular weight is 1860 g/mol. The number of nitriles is 1. The summed E-state index contributed by atoms with van der Waals surface area (Å²) in [4.78, 5) is 24.4. The smallest absolute Gasteiger partial charge is 0.253 e. The molecule has 27 heteroatoms. The summed E-state index contributed by atoms with van der Waals surface area (Å²) in [5.41, 5.74) is 6.88. The number of likely N-dealkylation sites (tertiary alicyclic amines) is 1. The van der Waals surface area contributed by atoms with Gasteiger partial charge in [0.15, 0.2) is 49.4 Å². The number of pyridine rings is 3. The summed E-state index contributed by atoms with van der Waals surface area (Å²) in [7, 11) is 0. The van der Waals surface area contributed by atoms with Gasteiger partial charge in [0.2, 0.25) is 0 Å². The van der Waals surface area contributed by atoms with E-state index in [1.54, 1.807) is 12.3 Å². The number of hydrogen-bond donors (Lipinski definition) is 9. The molecule has 4 aliphatic carbocycles. The van der Waals surface area contributed by atoms with Crippen LogP contribution in [0, 0.1) is 57.7 Å². The molecule has 0 radical (unpaired) electrons. The van der Waals surface area contributed by atoms with Gasteiger partial charge < -0.3 is 93.7 Å². The van der Waals surface area contributed by atoms with Crippen LogP contribution >= 0.6 is 11.6 Å². The summed E-state index contributed by atoms with van der Waals surface area (Å²) >= 11 is 6.59. The highest BCUT2D eigenvalue weighted by atomic mass is 35.5. The molecule has 17 rings (SSSR count). The van der Waals surface area contributed by atoms with E-state index < -0.39 is 105 Å². The zero-order chi connectivity index (χ0) is 93.3. The van der Waals surface area contributed by atoms with Crippen molar-refractivity contribution in [1.82, 2.24) is 20.1 Å². The Balaban J connectivity index is 0.000000162. The molecular formula is C106H153ClN8O18+2. The van der Waals surface area contributed by atoms with Gasteiger partial charge in [0.05, 0.1) is 66.4 Å². The summed E-state index contributed by atoms with van der Waals surface area (Å²) in [5, 5.41) is 98.2. The topological polar surface area (TPSA) is 328 Å². The zero-order valence-corrected chi connectivity index (χ0v) is 80.3. The lowest BCUT2D eigenvalue weighted by atomic mass is 9.47. The van der Waals surface area contributed by atoms with Gasteiger partial charge in [-0.2, -0.15) is 5.26 Å². The molecule has 11 heterocycles. The fourth-order valence-corrected chi connectivity index (χ4v) is 24.5. The second-order valence-electron chi connectivity index (χ2n) is 41.1. The van der Waals surface area contributed by atoms with Crippen LogP contribution in [0.5, 0.6) is 5.75 Å². The molecule has 7 saturated heterocycles. The molecule has 730 valence electrons. The van der Waals surface area contributed by atoms with Crippen LogP contribution in [0.2, 0.25) is 5.02 Å². The van der Waals surface area contributed by atoms with Crippen molar-refractivity contribution in [2.24, 2.45) is 46.3 Å². The van der Waals surface area contributed by atoms with Gasteiger partial charge in [0, 0.05) is 93.4 Å². The van der Waals surface area contributed by atoms with E-state index in [-0.39, 0.29) is 28.9 Å². The number of amides is 1. The lowest BCUT2D eigenvalue weighted by Crippen LogP contribution is -2.67. The summed E-state index contributed by atoms with van der Waals surface area (Å²) in [5.74, 6) is 3.91. The van der Waals surface area contributed by atoms with Gasteiger partial charge in [-0.25, -0.2) is 14.1 Å². The SMILES string of the molecule is C1=CCc2ccc[n+](c2)CCCCCCCCCCc2ccc[n+](c2)CCCCCCC1.CC1OC(OC2C(O[C@H]3CC[C@@]4(C)C(=CCC5C6CC7OC8(CC[C@@H](C)CO8)[C@@H](C)C7[C@@]6(C)CCC54)C3)OC(CO)C(O)C2OC2OC(C)C(O)C(O)C2O)C(O)C(O)C1O.N#Cc1ccc(CN2CCC(N3CCN(c4ncc(C(=O)NCCOc5ccccc5)cc4Cl)CC3)CC2)cc1. The highest BCUT2D eigenvalue weighted by Gasteiger charge is 2.69. The molecule has 12 aliphatic rings. The van der Waals surface area contributed by atoms with Crippen molar-refractivity contribution in [3.8, 4) is 11.8 Å². The minimum absolute atomic E-state index is 0.0272. The first kappa shape index (κ1) is 101. The number of carbonyl (C=O) groups excluding carboxylic acids is 1. The minimum Gasteiger partial charge on any atom is -0.492 e.